The third kappa shape index (κ3) is 4.24. The lowest BCUT2D eigenvalue weighted by molar-refractivity contribution is -0.122. The maximum atomic E-state index is 12.0. The van der Waals surface area contributed by atoms with Gasteiger partial charge in [0.05, 0.1) is 14.2 Å². The maximum absolute atomic E-state index is 12.0. The van der Waals surface area contributed by atoms with Crippen LogP contribution in [-0.2, 0) is 11.3 Å². The molecule has 2 aromatic carbocycles. The molecule has 5 nitrogen and oxygen atoms in total. The average molecular weight is 340 g/mol. The molecule has 1 fully saturated rings. The number of amides is 1. The van der Waals surface area contributed by atoms with Crippen LogP contribution in [0.2, 0.25) is 0 Å². The van der Waals surface area contributed by atoms with Crippen molar-refractivity contribution < 1.29 is 14.3 Å². The van der Waals surface area contributed by atoms with Gasteiger partial charge in [-0.3, -0.25) is 4.79 Å². The van der Waals surface area contributed by atoms with Crippen LogP contribution in [0.3, 0.4) is 0 Å². The molecule has 0 spiro atoms. The maximum Gasteiger partial charge on any atom is 0.227 e. The van der Waals surface area contributed by atoms with Crippen LogP contribution < -0.4 is 20.1 Å². The number of hydrogen-bond acceptors (Lipinski definition) is 4. The number of anilines is 2. The van der Waals surface area contributed by atoms with Gasteiger partial charge in [0.25, 0.3) is 0 Å². The molecule has 2 aromatic rings. The van der Waals surface area contributed by atoms with Gasteiger partial charge in [-0.25, -0.2) is 0 Å². The summed E-state index contributed by atoms with van der Waals surface area (Å²) in [7, 11) is 3.26. The second-order valence-corrected chi connectivity index (χ2v) is 6.24. The van der Waals surface area contributed by atoms with Crippen LogP contribution in [0, 0.1) is 5.92 Å². The molecule has 0 heterocycles. The van der Waals surface area contributed by atoms with E-state index in [1.165, 1.54) is 0 Å². The topological polar surface area (TPSA) is 59.6 Å². The Balaban J connectivity index is 1.55. The van der Waals surface area contributed by atoms with Crippen molar-refractivity contribution in [2.24, 2.45) is 5.92 Å². The quantitative estimate of drug-likeness (QED) is 0.798. The highest BCUT2D eigenvalue weighted by Gasteiger charge is 2.24. The standard InChI is InChI=1S/C20H24N2O3/c1-24-18-11-6-14(12-19(18)25-2)13-21-16-7-9-17(10-8-16)22-20(23)15-4-3-5-15/h6-12,15,21H,3-5,13H2,1-2H3,(H,22,23). The molecule has 0 aromatic heterocycles. The van der Waals surface area contributed by atoms with E-state index in [-0.39, 0.29) is 11.8 Å². The number of rotatable bonds is 7. The summed E-state index contributed by atoms with van der Waals surface area (Å²) < 4.78 is 10.6. The Bertz CT molecular complexity index is 724. The minimum Gasteiger partial charge on any atom is -0.493 e. The SMILES string of the molecule is COc1ccc(CNc2ccc(NC(=O)C3CCC3)cc2)cc1OC. The van der Waals surface area contributed by atoms with E-state index in [2.05, 4.69) is 10.6 Å². The molecule has 0 atom stereocenters. The van der Waals surface area contributed by atoms with E-state index < -0.39 is 0 Å². The van der Waals surface area contributed by atoms with Crippen LogP contribution in [0.4, 0.5) is 11.4 Å². The predicted octanol–water partition coefficient (Wildman–Crippen LogP) is 4.05. The summed E-state index contributed by atoms with van der Waals surface area (Å²) in [6.07, 6.45) is 3.19. The third-order valence-electron chi connectivity index (χ3n) is 4.57. The molecule has 0 radical (unpaired) electrons. The number of benzene rings is 2. The smallest absolute Gasteiger partial charge is 0.227 e. The van der Waals surface area contributed by atoms with Crippen molar-refractivity contribution in [1.29, 1.82) is 0 Å². The van der Waals surface area contributed by atoms with Gasteiger partial charge in [0.2, 0.25) is 5.91 Å². The molecule has 1 saturated carbocycles. The van der Waals surface area contributed by atoms with E-state index in [1.54, 1.807) is 14.2 Å². The highest BCUT2D eigenvalue weighted by atomic mass is 16.5. The third-order valence-corrected chi connectivity index (χ3v) is 4.57. The second-order valence-electron chi connectivity index (χ2n) is 6.24. The Labute approximate surface area is 148 Å². The fourth-order valence-electron chi connectivity index (χ4n) is 2.78. The van der Waals surface area contributed by atoms with Gasteiger partial charge in [-0.1, -0.05) is 12.5 Å². The van der Waals surface area contributed by atoms with Crippen LogP contribution in [0.5, 0.6) is 11.5 Å². The van der Waals surface area contributed by atoms with Crippen LogP contribution >= 0.6 is 0 Å². The van der Waals surface area contributed by atoms with E-state index in [4.69, 9.17) is 9.47 Å². The van der Waals surface area contributed by atoms with Gasteiger partial charge in [-0.05, 0) is 54.8 Å². The zero-order chi connectivity index (χ0) is 17.6. The number of ether oxygens (including phenoxy) is 2. The molecule has 1 amide bonds. The van der Waals surface area contributed by atoms with Crippen molar-refractivity contribution >= 4 is 17.3 Å². The van der Waals surface area contributed by atoms with Gasteiger partial charge in [-0.2, -0.15) is 0 Å². The first-order valence-electron chi connectivity index (χ1n) is 8.55. The van der Waals surface area contributed by atoms with Gasteiger partial charge >= 0.3 is 0 Å². The first kappa shape index (κ1) is 17.1. The van der Waals surface area contributed by atoms with E-state index in [0.717, 1.165) is 47.7 Å². The molecule has 3 rings (SSSR count). The number of carbonyl (C=O) groups is 1. The molecule has 1 aliphatic rings. The average Bonchev–Trinajstić information content (AvgIpc) is 2.59. The van der Waals surface area contributed by atoms with Crippen molar-refractivity contribution in [1.82, 2.24) is 0 Å². The lowest BCUT2D eigenvalue weighted by Crippen LogP contribution is -2.27. The molecular weight excluding hydrogens is 316 g/mol. The highest BCUT2D eigenvalue weighted by Crippen LogP contribution is 2.29. The summed E-state index contributed by atoms with van der Waals surface area (Å²) in [6.45, 7) is 0.675. The minimum absolute atomic E-state index is 0.136. The molecule has 0 saturated heterocycles. The summed E-state index contributed by atoms with van der Waals surface area (Å²) in [5.74, 6) is 1.77. The molecule has 5 heteroatoms. The van der Waals surface area contributed by atoms with E-state index in [9.17, 15) is 4.79 Å². The lowest BCUT2D eigenvalue weighted by atomic mass is 9.85. The summed E-state index contributed by atoms with van der Waals surface area (Å²) in [5.41, 5.74) is 2.94. The molecule has 0 aliphatic heterocycles. The van der Waals surface area contributed by atoms with E-state index >= 15 is 0 Å². The van der Waals surface area contributed by atoms with Crippen LogP contribution in [0.25, 0.3) is 0 Å². The molecule has 132 valence electrons. The molecular formula is C20H24N2O3. The molecule has 2 N–H and O–H groups in total. The minimum atomic E-state index is 0.136. The van der Waals surface area contributed by atoms with Crippen LogP contribution in [-0.4, -0.2) is 20.1 Å². The Morgan fingerprint density at radius 3 is 2.28 bits per heavy atom. The first-order chi connectivity index (χ1) is 12.2. The zero-order valence-corrected chi connectivity index (χ0v) is 14.7. The fourth-order valence-corrected chi connectivity index (χ4v) is 2.78. The Hall–Kier alpha value is -2.69. The molecule has 0 unspecified atom stereocenters. The van der Waals surface area contributed by atoms with Gasteiger partial charge in [0, 0.05) is 23.8 Å². The normalized spacial score (nSPS) is 13.7. The summed E-state index contributed by atoms with van der Waals surface area (Å²) in [4.78, 5) is 12.0. The van der Waals surface area contributed by atoms with E-state index in [0.29, 0.717) is 6.54 Å². The molecule has 25 heavy (non-hydrogen) atoms. The van der Waals surface area contributed by atoms with Gasteiger partial charge in [0.15, 0.2) is 11.5 Å². The number of nitrogens with one attached hydrogen (secondary N) is 2. The van der Waals surface area contributed by atoms with Crippen molar-refractivity contribution in [2.45, 2.75) is 25.8 Å². The Morgan fingerprint density at radius 2 is 1.68 bits per heavy atom. The monoisotopic (exact) mass is 340 g/mol. The predicted molar refractivity (Wildman–Crippen MR) is 99.3 cm³/mol. The summed E-state index contributed by atoms with van der Waals surface area (Å²) in [6, 6.07) is 13.6. The van der Waals surface area contributed by atoms with Crippen molar-refractivity contribution in [3.63, 3.8) is 0 Å². The van der Waals surface area contributed by atoms with Crippen molar-refractivity contribution in [3.8, 4) is 11.5 Å². The first-order valence-corrected chi connectivity index (χ1v) is 8.55. The van der Waals surface area contributed by atoms with Crippen LogP contribution in [0.15, 0.2) is 42.5 Å². The largest absolute Gasteiger partial charge is 0.493 e. The number of methoxy groups -OCH3 is 2. The molecule has 1 aliphatic carbocycles. The second kappa shape index (κ2) is 7.92. The molecule has 0 bridgehead atoms. The highest BCUT2D eigenvalue weighted by molar-refractivity contribution is 5.93. The summed E-state index contributed by atoms with van der Waals surface area (Å²) >= 11 is 0. The lowest BCUT2D eigenvalue weighted by Gasteiger charge is -2.24. The Kier molecular flexibility index (Phi) is 5.43. The number of carbonyl (C=O) groups excluding carboxylic acids is 1. The fraction of sp³-hybridized carbons (Fsp3) is 0.350. The number of hydrogen-bond donors (Lipinski definition) is 2. The van der Waals surface area contributed by atoms with Crippen molar-refractivity contribution in [2.75, 3.05) is 24.9 Å². The Morgan fingerprint density at radius 1 is 1.00 bits per heavy atom. The van der Waals surface area contributed by atoms with Gasteiger partial charge in [-0.15, -0.1) is 0 Å². The van der Waals surface area contributed by atoms with Crippen LogP contribution in [0.1, 0.15) is 24.8 Å². The summed E-state index contributed by atoms with van der Waals surface area (Å²) in [5, 5.41) is 6.34. The van der Waals surface area contributed by atoms with Gasteiger partial charge in [0.1, 0.15) is 0 Å². The zero-order valence-electron chi connectivity index (χ0n) is 14.7. The van der Waals surface area contributed by atoms with Gasteiger partial charge < -0.3 is 20.1 Å². The van der Waals surface area contributed by atoms with E-state index in [1.807, 2.05) is 42.5 Å². The van der Waals surface area contributed by atoms with Crippen molar-refractivity contribution in [3.05, 3.63) is 48.0 Å².